The van der Waals surface area contributed by atoms with Gasteiger partial charge in [0, 0.05) is 29.9 Å². The molecule has 3 aromatic rings. The number of aromatic nitrogens is 1. The van der Waals surface area contributed by atoms with Crippen molar-refractivity contribution in [1.82, 2.24) is 9.88 Å². The zero-order chi connectivity index (χ0) is 22.5. The normalized spacial score (nSPS) is 15.6. The number of hydrogen-bond donors (Lipinski definition) is 2. The highest BCUT2D eigenvalue weighted by Gasteiger charge is 2.22. The Morgan fingerprint density at radius 1 is 1.25 bits per heavy atom. The summed E-state index contributed by atoms with van der Waals surface area (Å²) in [6.07, 6.45) is 2.15. The molecular weight excluding hydrogens is 422 g/mol. The van der Waals surface area contributed by atoms with Gasteiger partial charge in [0.2, 0.25) is 0 Å². The number of anilines is 1. The fourth-order valence-electron chi connectivity index (χ4n) is 3.95. The Morgan fingerprint density at radius 3 is 2.78 bits per heavy atom. The lowest BCUT2D eigenvalue weighted by Gasteiger charge is -2.28. The zero-order valence-electron chi connectivity index (χ0n) is 18.5. The lowest BCUT2D eigenvalue weighted by atomic mass is 10.1. The Kier molecular flexibility index (Phi) is 7.07. The third kappa shape index (κ3) is 5.47. The first kappa shape index (κ1) is 22.3. The molecule has 0 saturated carbocycles. The fourth-order valence-corrected chi connectivity index (χ4v) is 4.21. The number of fused-ring (bicyclic) bond motifs is 1. The second kappa shape index (κ2) is 10.1. The summed E-state index contributed by atoms with van der Waals surface area (Å²) in [5, 5.41) is 4.88. The minimum Gasteiger partial charge on any atom is -0.494 e. The largest absolute Gasteiger partial charge is 0.494 e. The van der Waals surface area contributed by atoms with E-state index in [1.807, 2.05) is 61.2 Å². The summed E-state index contributed by atoms with van der Waals surface area (Å²) in [6, 6.07) is 15.7. The maximum absolute atomic E-state index is 12.8. The van der Waals surface area contributed by atoms with Crippen molar-refractivity contribution in [2.75, 3.05) is 25.1 Å². The number of nitrogens with one attached hydrogen (secondary N) is 2. The van der Waals surface area contributed by atoms with Crippen LogP contribution in [0.1, 0.15) is 30.9 Å². The molecule has 0 radical (unpaired) electrons. The SMILES string of the molecule is CCOc1ccc(NC(=S)N(Cc2cc3cc(C)ccc3[nH]c2=O)C[C@H]2CCCO2)cc1. The van der Waals surface area contributed by atoms with E-state index >= 15 is 0 Å². The number of aromatic amines is 1. The first-order valence-corrected chi connectivity index (χ1v) is 11.5. The van der Waals surface area contributed by atoms with Crippen LogP contribution in [-0.4, -0.2) is 40.9 Å². The maximum atomic E-state index is 12.8. The minimum absolute atomic E-state index is 0.0949. The Labute approximate surface area is 193 Å². The molecule has 32 heavy (non-hydrogen) atoms. The van der Waals surface area contributed by atoms with Crippen molar-refractivity contribution in [3.63, 3.8) is 0 Å². The minimum atomic E-state index is -0.0949. The summed E-state index contributed by atoms with van der Waals surface area (Å²) in [5.74, 6) is 0.818. The molecule has 2 N–H and O–H groups in total. The van der Waals surface area contributed by atoms with E-state index in [2.05, 4.69) is 16.4 Å². The van der Waals surface area contributed by atoms with Crippen LogP contribution in [0.5, 0.6) is 5.75 Å². The average Bonchev–Trinajstić information content (AvgIpc) is 3.29. The topological polar surface area (TPSA) is 66.6 Å². The summed E-state index contributed by atoms with van der Waals surface area (Å²) >= 11 is 5.75. The Hall–Kier alpha value is -2.90. The summed E-state index contributed by atoms with van der Waals surface area (Å²) < 4.78 is 11.4. The molecule has 0 bridgehead atoms. The summed E-state index contributed by atoms with van der Waals surface area (Å²) in [6.45, 7) is 6.44. The summed E-state index contributed by atoms with van der Waals surface area (Å²) in [5.41, 5.74) is 3.45. The van der Waals surface area contributed by atoms with Crippen molar-refractivity contribution in [1.29, 1.82) is 0 Å². The van der Waals surface area contributed by atoms with E-state index in [1.165, 1.54) is 0 Å². The van der Waals surface area contributed by atoms with Gasteiger partial charge in [0.1, 0.15) is 5.75 Å². The van der Waals surface area contributed by atoms with Gasteiger partial charge in [0.05, 0.1) is 19.3 Å². The average molecular weight is 452 g/mol. The smallest absolute Gasteiger partial charge is 0.253 e. The van der Waals surface area contributed by atoms with E-state index in [4.69, 9.17) is 21.7 Å². The van der Waals surface area contributed by atoms with Crippen LogP contribution in [0.25, 0.3) is 10.9 Å². The number of ether oxygens (including phenoxy) is 2. The van der Waals surface area contributed by atoms with Gasteiger partial charge in [0.25, 0.3) is 5.56 Å². The number of aryl methyl sites for hydroxylation is 1. The van der Waals surface area contributed by atoms with E-state index in [9.17, 15) is 4.79 Å². The van der Waals surface area contributed by atoms with Gasteiger partial charge in [-0.15, -0.1) is 0 Å². The molecule has 6 nitrogen and oxygen atoms in total. The van der Waals surface area contributed by atoms with E-state index in [0.29, 0.717) is 30.4 Å². The van der Waals surface area contributed by atoms with Crippen molar-refractivity contribution >= 4 is 33.9 Å². The standard InChI is InChI=1S/C25H29N3O3S/c1-3-30-21-9-7-20(8-10-21)26-25(32)28(16-22-5-4-12-31-22)15-19-14-18-13-17(2)6-11-23(18)27-24(19)29/h6-11,13-14,22H,3-5,12,15-16H2,1-2H3,(H,26,32)(H,27,29)/t22-/m1/s1. The number of H-pyrrole nitrogens is 1. The van der Waals surface area contributed by atoms with Crippen molar-refractivity contribution in [3.05, 3.63) is 70.0 Å². The maximum Gasteiger partial charge on any atom is 0.253 e. The first-order chi connectivity index (χ1) is 15.5. The number of hydrogen-bond acceptors (Lipinski definition) is 4. The second-order valence-corrected chi connectivity index (χ2v) is 8.50. The molecule has 1 fully saturated rings. The third-order valence-corrected chi connectivity index (χ3v) is 5.95. The van der Waals surface area contributed by atoms with Crippen LogP contribution in [0, 0.1) is 6.92 Å². The number of pyridine rings is 1. The van der Waals surface area contributed by atoms with E-state index < -0.39 is 0 Å². The van der Waals surface area contributed by atoms with Gasteiger partial charge in [-0.05, 0) is 86.8 Å². The molecule has 0 aliphatic carbocycles. The molecule has 0 spiro atoms. The number of benzene rings is 2. The molecule has 1 aliphatic heterocycles. The van der Waals surface area contributed by atoms with Gasteiger partial charge in [-0.2, -0.15) is 0 Å². The van der Waals surface area contributed by atoms with Crippen LogP contribution < -0.4 is 15.6 Å². The molecule has 1 atom stereocenters. The van der Waals surface area contributed by atoms with Crippen LogP contribution in [0.2, 0.25) is 0 Å². The lowest BCUT2D eigenvalue weighted by Crippen LogP contribution is -2.40. The van der Waals surface area contributed by atoms with Gasteiger partial charge >= 0.3 is 0 Å². The van der Waals surface area contributed by atoms with Crippen LogP contribution in [0.15, 0.2) is 53.3 Å². The molecule has 1 aliphatic rings. The molecule has 4 rings (SSSR count). The van der Waals surface area contributed by atoms with Gasteiger partial charge in [-0.3, -0.25) is 4.79 Å². The summed E-state index contributed by atoms with van der Waals surface area (Å²) in [4.78, 5) is 17.8. The van der Waals surface area contributed by atoms with Gasteiger partial charge in [0.15, 0.2) is 5.11 Å². The lowest BCUT2D eigenvalue weighted by molar-refractivity contribution is 0.0904. The monoisotopic (exact) mass is 451 g/mol. The quantitative estimate of drug-likeness (QED) is 0.511. The first-order valence-electron chi connectivity index (χ1n) is 11.0. The second-order valence-electron chi connectivity index (χ2n) is 8.12. The van der Waals surface area contributed by atoms with Crippen LogP contribution >= 0.6 is 12.2 Å². The number of nitrogens with zero attached hydrogens (tertiary/aromatic N) is 1. The summed E-state index contributed by atoms with van der Waals surface area (Å²) in [7, 11) is 0. The highest BCUT2D eigenvalue weighted by molar-refractivity contribution is 7.80. The van der Waals surface area contributed by atoms with E-state index in [1.54, 1.807) is 0 Å². The van der Waals surface area contributed by atoms with E-state index in [-0.39, 0.29) is 11.7 Å². The molecule has 2 aromatic carbocycles. The van der Waals surface area contributed by atoms with Gasteiger partial charge < -0.3 is 24.7 Å². The third-order valence-electron chi connectivity index (χ3n) is 5.59. The van der Waals surface area contributed by atoms with Crippen molar-refractivity contribution in [2.24, 2.45) is 0 Å². The van der Waals surface area contributed by atoms with Gasteiger partial charge in [-0.25, -0.2) is 0 Å². The fraction of sp³-hybridized carbons (Fsp3) is 0.360. The molecule has 0 amide bonds. The zero-order valence-corrected chi connectivity index (χ0v) is 19.3. The van der Waals surface area contributed by atoms with Crippen molar-refractivity contribution in [2.45, 2.75) is 39.3 Å². The van der Waals surface area contributed by atoms with Gasteiger partial charge in [-0.1, -0.05) is 11.6 Å². The molecular formula is C25H29N3O3S. The van der Waals surface area contributed by atoms with E-state index in [0.717, 1.165) is 47.4 Å². The number of rotatable bonds is 7. The highest BCUT2D eigenvalue weighted by atomic mass is 32.1. The molecule has 168 valence electrons. The molecule has 0 unspecified atom stereocenters. The van der Waals surface area contributed by atoms with Crippen molar-refractivity contribution < 1.29 is 9.47 Å². The molecule has 2 heterocycles. The predicted molar refractivity (Wildman–Crippen MR) is 133 cm³/mol. The highest BCUT2D eigenvalue weighted by Crippen LogP contribution is 2.20. The predicted octanol–water partition coefficient (Wildman–Crippen LogP) is 4.61. The van der Waals surface area contributed by atoms with Crippen molar-refractivity contribution in [3.8, 4) is 5.75 Å². The molecule has 1 saturated heterocycles. The Morgan fingerprint density at radius 2 is 2.06 bits per heavy atom. The molecule has 1 aromatic heterocycles. The van der Waals surface area contributed by atoms with Crippen LogP contribution in [0.3, 0.4) is 0 Å². The molecule has 7 heteroatoms. The Bertz CT molecular complexity index is 1140. The number of thiocarbonyl (C=S) groups is 1. The Balaban J connectivity index is 1.56. The van der Waals surface area contributed by atoms with Crippen LogP contribution in [0.4, 0.5) is 5.69 Å². The van der Waals surface area contributed by atoms with Crippen LogP contribution in [-0.2, 0) is 11.3 Å².